The van der Waals surface area contributed by atoms with E-state index in [0.717, 1.165) is 35.1 Å². The second-order valence-electron chi connectivity index (χ2n) is 7.72. The minimum absolute atomic E-state index is 0.129. The molecule has 1 fully saturated rings. The van der Waals surface area contributed by atoms with Crippen molar-refractivity contribution in [3.05, 3.63) is 66.2 Å². The van der Waals surface area contributed by atoms with Gasteiger partial charge in [-0.2, -0.15) is 0 Å². The number of ether oxygens (including phenoxy) is 1. The van der Waals surface area contributed by atoms with Crippen LogP contribution >= 0.6 is 11.8 Å². The zero-order valence-corrected chi connectivity index (χ0v) is 18.9. The SMILES string of the molecule is COc1ccc(NC(=O)C2CCCN(c3nccnc3Sc3ccc(C)cc3)C2)cc1F. The van der Waals surface area contributed by atoms with Crippen molar-refractivity contribution in [1.82, 2.24) is 9.97 Å². The number of piperidine rings is 1. The summed E-state index contributed by atoms with van der Waals surface area (Å²) in [6, 6.07) is 12.7. The van der Waals surface area contributed by atoms with Gasteiger partial charge in [-0.1, -0.05) is 29.5 Å². The minimum atomic E-state index is -0.507. The number of nitrogens with zero attached hydrogens (tertiary/aromatic N) is 3. The van der Waals surface area contributed by atoms with Gasteiger partial charge in [0.15, 0.2) is 17.4 Å². The Hall–Kier alpha value is -3.13. The van der Waals surface area contributed by atoms with Crippen molar-refractivity contribution in [2.45, 2.75) is 29.7 Å². The molecule has 1 saturated heterocycles. The standard InChI is InChI=1S/C24H25FN4O2S/c1-16-5-8-19(9-6-16)32-24-22(26-11-12-27-24)29-13-3-4-17(15-29)23(30)28-18-7-10-21(31-2)20(25)14-18/h5-12,14,17H,3-4,13,15H2,1-2H3,(H,28,30). The molecule has 1 N–H and O–H groups in total. The van der Waals surface area contributed by atoms with E-state index in [1.54, 1.807) is 30.2 Å². The second-order valence-corrected chi connectivity index (χ2v) is 8.79. The third-order valence-electron chi connectivity index (χ3n) is 5.39. The number of rotatable bonds is 6. The quantitative estimate of drug-likeness (QED) is 0.572. The number of amides is 1. The third kappa shape index (κ3) is 5.19. The summed E-state index contributed by atoms with van der Waals surface area (Å²) in [5, 5.41) is 3.65. The highest BCUT2D eigenvalue weighted by Crippen LogP contribution is 2.34. The van der Waals surface area contributed by atoms with Crippen LogP contribution in [-0.2, 0) is 4.79 Å². The van der Waals surface area contributed by atoms with Crippen molar-refractivity contribution in [1.29, 1.82) is 0 Å². The van der Waals surface area contributed by atoms with Crippen LogP contribution in [0.25, 0.3) is 0 Å². The lowest BCUT2D eigenvalue weighted by atomic mass is 9.97. The number of carbonyl (C=O) groups is 1. The van der Waals surface area contributed by atoms with Crippen LogP contribution in [0, 0.1) is 18.7 Å². The summed E-state index contributed by atoms with van der Waals surface area (Å²) >= 11 is 1.56. The maximum absolute atomic E-state index is 14.0. The first-order chi connectivity index (χ1) is 15.5. The van der Waals surface area contributed by atoms with Gasteiger partial charge in [0.05, 0.1) is 13.0 Å². The number of nitrogens with one attached hydrogen (secondary N) is 1. The predicted molar refractivity (Wildman–Crippen MR) is 124 cm³/mol. The number of halogens is 1. The molecule has 1 atom stereocenters. The molecule has 0 radical (unpaired) electrons. The lowest BCUT2D eigenvalue weighted by Crippen LogP contribution is -2.41. The van der Waals surface area contributed by atoms with Crippen molar-refractivity contribution in [3.63, 3.8) is 0 Å². The molecule has 0 bridgehead atoms. The predicted octanol–water partition coefficient (Wildman–Crippen LogP) is 4.94. The molecule has 0 spiro atoms. The average molecular weight is 453 g/mol. The topological polar surface area (TPSA) is 67.3 Å². The number of aryl methyl sites for hydroxylation is 1. The summed E-state index contributed by atoms with van der Waals surface area (Å²) in [5.74, 6) is 0.0658. The van der Waals surface area contributed by atoms with E-state index >= 15 is 0 Å². The van der Waals surface area contributed by atoms with Crippen LogP contribution in [0.5, 0.6) is 5.75 Å². The van der Waals surface area contributed by atoms with Crippen LogP contribution in [0.1, 0.15) is 18.4 Å². The lowest BCUT2D eigenvalue weighted by Gasteiger charge is -2.33. The molecule has 0 aliphatic carbocycles. The highest BCUT2D eigenvalue weighted by Gasteiger charge is 2.28. The van der Waals surface area contributed by atoms with E-state index < -0.39 is 5.82 Å². The summed E-state index contributed by atoms with van der Waals surface area (Å²) in [5.41, 5.74) is 1.62. The fourth-order valence-corrected chi connectivity index (χ4v) is 4.58. The summed E-state index contributed by atoms with van der Waals surface area (Å²) in [4.78, 5) is 25.2. The highest BCUT2D eigenvalue weighted by atomic mass is 32.2. The van der Waals surface area contributed by atoms with Gasteiger partial charge in [-0.05, 0) is 44.0 Å². The van der Waals surface area contributed by atoms with Crippen molar-refractivity contribution in [2.24, 2.45) is 5.92 Å². The third-order valence-corrected chi connectivity index (χ3v) is 6.38. The normalized spacial score (nSPS) is 16.0. The number of aromatic nitrogens is 2. The second kappa shape index (κ2) is 9.99. The van der Waals surface area contributed by atoms with Crippen LogP contribution in [0.15, 0.2) is 64.8 Å². The van der Waals surface area contributed by atoms with Gasteiger partial charge >= 0.3 is 0 Å². The first-order valence-electron chi connectivity index (χ1n) is 10.5. The van der Waals surface area contributed by atoms with Gasteiger partial charge in [0.1, 0.15) is 5.03 Å². The number of hydrogen-bond donors (Lipinski definition) is 1. The van der Waals surface area contributed by atoms with Crippen LogP contribution < -0.4 is 15.0 Å². The van der Waals surface area contributed by atoms with Gasteiger partial charge in [-0.3, -0.25) is 4.79 Å². The summed E-state index contributed by atoms with van der Waals surface area (Å²) < 4.78 is 18.9. The van der Waals surface area contributed by atoms with Gasteiger partial charge < -0.3 is 15.0 Å². The van der Waals surface area contributed by atoms with Crippen LogP contribution in [0.3, 0.4) is 0 Å². The molecule has 1 aliphatic rings. The van der Waals surface area contributed by atoms with Gasteiger partial charge in [0, 0.05) is 42.1 Å². The summed E-state index contributed by atoms with van der Waals surface area (Å²) in [6.07, 6.45) is 4.99. The molecule has 1 unspecified atom stereocenters. The van der Waals surface area contributed by atoms with Gasteiger partial charge in [-0.25, -0.2) is 14.4 Å². The molecule has 1 amide bonds. The zero-order valence-electron chi connectivity index (χ0n) is 18.0. The molecule has 1 aromatic heterocycles. The van der Waals surface area contributed by atoms with Crippen molar-refractivity contribution in [2.75, 3.05) is 30.4 Å². The Labute approximate surface area is 191 Å². The van der Waals surface area contributed by atoms with E-state index in [0.29, 0.717) is 12.2 Å². The minimum Gasteiger partial charge on any atom is -0.494 e. The highest BCUT2D eigenvalue weighted by molar-refractivity contribution is 7.99. The van der Waals surface area contributed by atoms with Crippen molar-refractivity contribution < 1.29 is 13.9 Å². The molecule has 3 aromatic rings. The molecular formula is C24H25FN4O2S. The monoisotopic (exact) mass is 452 g/mol. The molecule has 4 rings (SSSR count). The largest absolute Gasteiger partial charge is 0.494 e. The van der Waals surface area contributed by atoms with Gasteiger partial charge in [-0.15, -0.1) is 0 Å². The molecule has 0 saturated carbocycles. The molecule has 2 heterocycles. The fourth-order valence-electron chi connectivity index (χ4n) is 3.70. The Morgan fingerprint density at radius 3 is 2.72 bits per heavy atom. The maximum atomic E-state index is 14.0. The zero-order chi connectivity index (χ0) is 22.5. The number of hydrogen-bond acceptors (Lipinski definition) is 6. The molecule has 6 nitrogen and oxygen atoms in total. The van der Waals surface area contributed by atoms with Crippen LogP contribution in [-0.4, -0.2) is 36.1 Å². The Kier molecular flexibility index (Phi) is 6.90. The number of methoxy groups -OCH3 is 1. The van der Waals surface area contributed by atoms with E-state index in [9.17, 15) is 9.18 Å². The smallest absolute Gasteiger partial charge is 0.229 e. The summed E-state index contributed by atoms with van der Waals surface area (Å²) in [7, 11) is 1.41. The molecule has 166 valence electrons. The van der Waals surface area contributed by atoms with E-state index in [1.165, 1.54) is 24.8 Å². The molecular weight excluding hydrogens is 427 g/mol. The van der Waals surface area contributed by atoms with Gasteiger partial charge in [0.2, 0.25) is 5.91 Å². The number of carbonyl (C=O) groups excluding carboxylic acids is 1. The van der Waals surface area contributed by atoms with E-state index in [4.69, 9.17) is 4.74 Å². The molecule has 1 aliphatic heterocycles. The number of anilines is 2. The lowest BCUT2D eigenvalue weighted by molar-refractivity contribution is -0.120. The van der Waals surface area contributed by atoms with Crippen molar-refractivity contribution >= 4 is 29.2 Å². The van der Waals surface area contributed by atoms with E-state index in [-0.39, 0.29) is 17.6 Å². The van der Waals surface area contributed by atoms with E-state index in [2.05, 4.69) is 51.4 Å². The Bertz CT molecular complexity index is 1090. The number of benzene rings is 2. The fraction of sp³-hybridized carbons (Fsp3) is 0.292. The maximum Gasteiger partial charge on any atom is 0.229 e. The van der Waals surface area contributed by atoms with Crippen LogP contribution in [0.2, 0.25) is 0 Å². The first-order valence-corrected chi connectivity index (χ1v) is 11.3. The first kappa shape index (κ1) is 22.1. The Balaban J connectivity index is 1.46. The Morgan fingerprint density at radius 2 is 1.97 bits per heavy atom. The van der Waals surface area contributed by atoms with Gasteiger partial charge in [0.25, 0.3) is 0 Å². The molecule has 32 heavy (non-hydrogen) atoms. The Morgan fingerprint density at radius 1 is 1.19 bits per heavy atom. The average Bonchev–Trinajstić information content (AvgIpc) is 2.81. The summed E-state index contributed by atoms with van der Waals surface area (Å²) in [6.45, 7) is 3.40. The van der Waals surface area contributed by atoms with Crippen LogP contribution in [0.4, 0.5) is 15.9 Å². The van der Waals surface area contributed by atoms with E-state index in [1.807, 2.05) is 0 Å². The molecule has 2 aromatic carbocycles. The molecule has 8 heteroatoms. The van der Waals surface area contributed by atoms with Crippen molar-refractivity contribution in [3.8, 4) is 5.75 Å².